The summed E-state index contributed by atoms with van der Waals surface area (Å²) >= 11 is 0. The van der Waals surface area contributed by atoms with Crippen molar-refractivity contribution in [2.24, 2.45) is 5.92 Å². The Morgan fingerprint density at radius 3 is 2.61 bits per heavy atom. The van der Waals surface area contributed by atoms with Gasteiger partial charge in [-0.2, -0.15) is 0 Å². The van der Waals surface area contributed by atoms with Crippen molar-refractivity contribution in [3.05, 3.63) is 35.9 Å². The standard InChI is InChI=1S/C18H28N2O3/c1-4-15(2)12-17(19-3)18(22)10-11-20(14-21)23-13-16-8-6-5-7-9-16/h5-9,14-15,17,19H,4,10-13H2,1-3H3/t15-,17?/m0/s1. The summed E-state index contributed by atoms with van der Waals surface area (Å²) in [5.41, 5.74) is 0.982. The molecule has 5 nitrogen and oxygen atoms in total. The second-order valence-electron chi connectivity index (χ2n) is 5.81. The normalized spacial score (nSPS) is 13.3. The fourth-order valence-corrected chi connectivity index (χ4v) is 2.25. The minimum atomic E-state index is -0.160. The lowest BCUT2D eigenvalue weighted by atomic mass is 9.95. The molecule has 0 spiro atoms. The summed E-state index contributed by atoms with van der Waals surface area (Å²) in [6.07, 6.45) is 2.78. The highest BCUT2D eigenvalue weighted by molar-refractivity contribution is 5.84. The van der Waals surface area contributed by atoms with Gasteiger partial charge in [0, 0.05) is 6.42 Å². The van der Waals surface area contributed by atoms with Gasteiger partial charge in [-0.1, -0.05) is 50.6 Å². The Bertz CT molecular complexity index is 465. The van der Waals surface area contributed by atoms with Gasteiger partial charge in [0.2, 0.25) is 6.41 Å². The molecule has 0 aliphatic carbocycles. The van der Waals surface area contributed by atoms with Crippen LogP contribution in [0.15, 0.2) is 30.3 Å². The maximum absolute atomic E-state index is 12.3. The maximum Gasteiger partial charge on any atom is 0.233 e. The number of carbonyl (C=O) groups excluding carboxylic acids is 2. The molecule has 1 aromatic rings. The summed E-state index contributed by atoms with van der Waals surface area (Å²) in [7, 11) is 1.80. The molecule has 0 aliphatic heterocycles. The first kappa shape index (κ1) is 19.3. The van der Waals surface area contributed by atoms with E-state index in [-0.39, 0.29) is 24.8 Å². The zero-order valence-electron chi connectivity index (χ0n) is 14.3. The number of Topliss-reactive ketones (excluding diaryl/α,β-unsaturated/α-hetero) is 1. The summed E-state index contributed by atoms with van der Waals surface area (Å²) in [5, 5.41) is 4.26. The third-order valence-electron chi connectivity index (χ3n) is 4.01. The van der Waals surface area contributed by atoms with Crippen LogP contribution in [0.4, 0.5) is 0 Å². The Morgan fingerprint density at radius 1 is 1.35 bits per heavy atom. The lowest BCUT2D eigenvalue weighted by molar-refractivity contribution is -0.178. The molecule has 2 atom stereocenters. The quantitative estimate of drug-likeness (QED) is 0.475. The van der Waals surface area contributed by atoms with Crippen LogP contribution in [0.25, 0.3) is 0 Å². The van der Waals surface area contributed by atoms with E-state index in [1.54, 1.807) is 7.05 Å². The van der Waals surface area contributed by atoms with E-state index in [1.807, 2.05) is 30.3 Å². The number of hydroxylamine groups is 2. The average molecular weight is 320 g/mol. The number of rotatable bonds is 12. The predicted molar refractivity (Wildman–Crippen MR) is 90.5 cm³/mol. The number of likely N-dealkylation sites (N-methyl/N-ethyl adjacent to an activating group) is 1. The van der Waals surface area contributed by atoms with E-state index in [4.69, 9.17) is 4.84 Å². The van der Waals surface area contributed by atoms with E-state index in [2.05, 4.69) is 19.2 Å². The number of hydrogen-bond donors (Lipinski definition) is 1. The minimum Gasteiger partial charge on any atom is -0.311 e. The van der Waals surface area contributed by atoms with Crippen LogP contribution in [0, 0.1) is 5.92 Å². The molecule has 23 heavy (non-hydrogen) atoms. The highest BCUT2D eigenvalue weighted by Gasteiger charge is 2.19. The first-order valence-corrected chi connectivity index (χ1v) is 8.19. The third-order valence-corrected chi connectivity index (χ3v) is 4.01. The van der Waals surface area contributed by atoms with Crippen molar-refractivity contribution >= 4 is 12.2 Å². The maximum atomic E-state index is 12.3. The molecule has 0 fully saturated rings. The molecule has 0 aromatic heterocycles. The number of carbonyl (C=O) groups is 2. The van der Waals surface area contributed by atoms with Crippen LogP contribution in [-0.2, 0) is 21.0 Å². The Kier molecular flexibility index (Phi) is 9.17. The lowest BCUT2D eigenvalue weighted by Crippen LogP contribution is -2.37. The van der Waals surface area contributed by atoms with Crippen molar-refractivity contribution in [1.82, 2.24) is 10.4 Å². The second-order valence-corrected chi connectivity index (χ2v) is 5.81. The van der Waals surface area contributed by atoms with E-state index in [1.165, 1.54) is 5.06 Å². The van der Waals surface area contributed by atoms with Gasteiger partial charge in [-0.25, -0.2) is 5.06 Å². The lowest BCUT2D eigenvalue weighted by Gasteiger charge is -2.21. The van der Waals surface area contributed by atoms with E-state index < -0.39 is 0 Å². The topological polar surface area (TPSA) is 58.6 Å². The molecule has 1 N–H and O–H groups in total. The van der Waals surface area contributed by atoms with E-state index >= 15 is 0 Å². The molecule has 5 heteroatoms. The Labute approximate surface area is 139 Å². The molecule has 1 unspecified atom stereocenters. The third kappa shape index (κ3) is 7.39. The molecular formula is C18H28N2O3. The van der Waals surface area contributed by atoms with E-state index in [9.17, 15) is 9.59 Å². The van der Waals surface area contributed by atoms with Crippen molar-refractivity contribution in [2.45, 2.75) is 45.8 Å². The van der Waals surface area contributed by atoms with Gasteiger partial charge >= 0.3 is 0 Å². The fraction of sp³-hybridized carbons (Fsp3) is 0.556. The Morgan fingerprint density at radius 2 is 2.04 bits per heavy atom. The zero-order chi connectivity index (χ0) is 17.1. The van der Waals surface area contributed by atoms with E-state index in [0.717, 1.165) is 18.4 Å². The summed E-state index contributed by atoms with van der Waals surface area (Å²) in [5.74, 6) is 0.607. The molecule has 1 amide bonds. The van der Waals surface area contributed by atoms with Crippen LogP contribution in [0.2, 0.25) is 0 Å². The van der Waals surface area contributed by atoms with Gasteiger partial charge in [0.05, 0.1) is 12.6 Å². The number of amides is 1. The van der Waals surface area contributed by atoms with Gasteiger partial charge in [-0.15, -0.1) is 0 Å². The van der Waals surface area contributed by atoms with Crippen LogP contribution >= 0.6 is 0 Å². The predicted octanol–water partition coefficient (Wildman–Crippen LogP) is 2.56. The van der Waals surface area contributed by atoms with Crippen LogP contribution in [0.5, 0.6) is 0 Å². The van der Waals surface area contributed by atoms with Gasteiger partial charge in [-0.3, -0.25) is 14.4 Å². The van der Waals surface area contributed by atoms with Crippen LogP contribution in [0.1, 0.15) is 38.7 Å². The molecule has 0 saturated heterocycles. The van der Waals surface area contributed by atoms with Crippen molar-refractivity contribution in [3.8, 4) is 0 Å². The fourth-order valence-electron chi connectivity index (χ4n) is 2.25. The van der Waals surface area contributed by atoms with Crippen LogP contribution in [-0.4, -0.2) is 36.9 Å². The molecule has 0 saturated carbocycles. The average Bonchev–Trinajstić information content (AvgIpc) is 2.60. The highest BCUT2D eigenvalue weighted by atomic mass is 16.7. The van der Waals surface area contributed by atoms with Crippen LogP contribution < -0.4 is 5.32 Å². The minimum absolute atomic E-state index is 0.114. The highest BCUT2D eigenvalue weighted by Crippen LogP contribution is 2.12. The molecule has 1 rings (SSSR count). The Balaban J connectivity index is 2.40. The molecule has 0 aliphatic rings. The number of nitrogens with zero attached hydrogens (tertiary/aromatic N) is 1. The SMILES string of the molecule is CC[C@H](C)CC(NC)C(=O)CCN(C=O)OCc1ccccc1. The van der Waals surface area contributed by atoms with Crippen molar-refractivity contribution in [2.75, 3.05) is 13.6 Å². The van der Waals surface area contributed by atoms with Gasteiger partial charge in [0.25, 0.3) is 0 Å². The summed E-state index contributed by atoms with van der Waals surface area (Å²) in [4.78, 5) is 28.8. The molecule has 0 radical (unpaired) electrons. The second kappa shape index (κ2) is 10.9. The number of ketones is 1. The monoisotopic (exact) mass is 320 g/mol. The van der Waals surface area contributed by atoms with Gasteiger partial charge in [0.1, 0.15) is 6.61 Å². The number of benzene rings is 1. The zero-order valence-corrected chi connectivity index (χ0v) is 14.3. The van der Waals surface area contributed by atoms with Gasteiger partial charge < -0.3 is 5.32 Å². The molecule has 0 bridgehead atoms. The Hall–Kier alpha value is -1.72. The number of nitrogens with one attached hydrogen (secondary N) is 1. The van der Waals surface area contributed by atoms with Gasteiger partial charge in [0.15, 0.2) is 5.78 Å². The van der Waals surface area contributed by atoms with Crippen molar-refractivity contribution < 1.29 is 14.4 Å². The number of hydrogen-bond acceptors (Lipinski definition) is 4. The van der Waals surface area contributed by atoms with Crippen molar-refractivity contribution in [1.29, 1.82) is 0 Å². The first-order valence-electron chi connectivity index (χ1n) is 8.19. The molecular weight excluding hydrogens is 292 g/mol. The largest absolute Gasteiger partial charge is 0.311 e. The van der Waals surface area contributed by atoms with E-state index in [0.29, 0.717) is 18.9 Å². The smallest absolute Gasteiger partial charge is 0.233 e. The summed E-state index contributed by atoms with van der Waals surface area (Å²) in [6, 6.07) is 9.45. The van der Waals surface area contributed by atoms with Crippen molar-refractivity contribution in [3.63, 3.8) is 0 Å². The van der Waals surface area contributed by atoms with Crippen LogP contribution in [0.3, 0.4) is 0 Å². The molecule has 1 aromatic carbocycles. The van der Waals surface area contributed by atoms with Gasteiger partial charge in [-0.05, 0) is 24.9 Å². The summed E-state index contributed by atoms with van der Waals surface area (Å²) in [6.45, 7) is 4.84. The molecule has 0 heterocycles. The molecule has 128 valence electrons. The first-order chi connectivity index (χ1) is 11.1. The summed E-state index contributed by atoms with van der Waals surface area (Å²) < 4.78 is 0.